The van der Waals surface area contributed by atoms with Crippen molar-refractivity contribution >= 4 is 0 Å². The molecule has 0 saturated carbocycles. The Morgan fingerprint density at radius 2 is 1.47 bits per heavy atom. The SMILES string of the molecule is CCCCOCC(COCCCC)C(C)(N)O. The van der Waals surface area contributed by atoms with Gasteiger partial charge in [-0.1, -0.05) is 26.7 Å². The fourth-order valence-electron chi connectivity index (χ4n) is 1.33. The number of nitrogens with two attached hydrogens (primary N) is 1. The summed E-state index contributed by atoms with van der Waals surface area (Å²) in [6.45, 7) is 8.19. The van der Waals surface area contributed by atoms with Gasteiger partial charge in [-0.25, -0.2) is 0 Å². The van der Waals surface area contributed by atoms with Crippen LogP contribution in [0.1, 0.15) is 46.5 Å². The summed E-state index contributed by atoms with van der Waals surface area (Å²) in [5.74, 6) is -0.170. The zero-order valence-electron chi connectivity index (χ0n) is 11.6. The van der Waals surface area contributed by atoms with E-state index in [-0.39, 0.29) is 5.92 Å². The number of unbranched alkanes of at least 4 members (excludes halogenated alkanes) is 2. The first-order valence-electron chi connectivity index (χ1n) is 6.69. The average molecular weight is 247 g/mol. The predicted octanol–water partition coefficient (Wildman–Crippen LogP) is 1.90. The molecule has 0 aliphatic heterocycles. The van der Waals surface area contributed by atoms with Gasteiger partial charge in [0.05, 0.1) is 13.2 Å². The summed E-state index contributed by atoms with van der Waals surface area (Å²) >= 11 is 0. The van der Waals surface area contributed by atoms with Crippen LogP contribution < -0.4 is 5.73 Å². The van der Waals surface area contributed by atoms with E-state index in [1.807, 2.05) is 0 Å². The first-order valence-corrected chi connectivity index (χ1v) is 6.69. The van der Waals surface area contributed by atoms with E-state index in [4.69, 9.17) is 15.2 Å². The van der Waals surface area contributed by atoms with Crippen molar-refractivity contribution in [2.75, 3.05) is 26.4 Å². The highest BCUT2D eigenvalue weighted by Gasteiger charge is 2.27. The molecule has 104 valence electrons. The van der Waals surface area contributed by atoms with Crippen LogP contribution in [0.3, 0.4) is 0 Å². The maximum Gasteiger partial charge on any atom is 0.118 e. The van der Waals surface area contributed by atoms with E-state index < -0.39 is 5.72 Å². The van der Waals surface area contributed by atoms with Crippen LogP contribution in [0, 0.1) is 5.92 Å². The molecule has 0 fully saturated rings. The van der Waals surface area contributed by atoms with Gasteiger partial charge >= 0.3 is 0 Å². The van der Waals surface area contributed by atoms with E-state index in [9.17, 15) is 5.11 Å². The monoisotopic (exact) mass is 247 g/mol. The van der Waals surface area contributed by atoms with Gasteiger partial charge in [0, 0.05) is 19.1 Å². The fourth-order valence-corrected chi connectivity index (χ4v) is 1.33. The van der Waals surface area contributed by atoms with Crippen LogP contribution >= 0.6 is 0 Å². The van der Waals surface area contributed by atoms with Gasteiger partial charge in [-0.3, -0.25) is 0 Å². The second-order valence-electron chi connectivity index (χ2n) is 4.78. The average Bonchev–Trinajstić information content (AvgIpc) is 2.25. The van der Waals surface area contributed by atoms with Crippen molar-refractivity contribution < 1.29 is 14.6 Å². The van der Waals surface area contributed by atoms with E-state index in [1.165, 1.54) is 0 Å². The number of aliphatic hydroxyl groups is 1. The Balaban J connectivity index is 3.81. The molecule has 0 aliphatic carbocycles. The van der Waals surface area contributed by atoms with Crippen molar-refractivity contribution in [3.63, 3.8) is 0 Å². The van der Waals surface area contributed by atoms with Crippen molar-refractivity contribution in [3.8, 4) is 0 Å². The normalized spacial score (nSPS) is 15.2. The molecule has 1 atom stereocenters. The third-order valence-corrected chi connectivity index (χ3v) is 2.75. The third kappa shape index (κ3) is 9.53. The largest absolute Gasteiger partial charge is 0.381 e. The molecule has 3 N–H and O–H groups in total. The molecule has 0 aromatic heterocycles. The molecule has 0 aromatic rings. The minimum absolute atomic E-state index is 0.170. The molecule has 0 aliphatic rings. The van der Waals surface area contributed by atoms with Gasteiger partial charge in [0.25, 0.3) is 0 Å². The van der Waals surface area contributed by atoms with E-state index >= 15 is 0 Å². The Bertz CT molecular complexity index is 157. The van der Waals surface area contributed by atoms with E-state index in [1.54, 1.807) is 6.92 Å². The molecule has 0 spiro atoms. The Hall–Kier alpha value is -0.160. The van der Waals surface area contributed by atoms with Crippen molar-refractivity contribution in [1.82, 2.24) is 0 Å². The summed E-state index contributed by atoms with van der Waals surface area (Å²) in [7, 11) is 0. The second-order valence-corrected chi connectivity index (χ2v) is 4.78. The maximum absolute atomic E-state index is 9.81. The van der Waals surface area contributed by atoms with Crippen molar-refractivity contribution in [2.45, 2.75) is 52.2 Å². The lowest BCUT2D eigenvalue weighted by atomic mass is 10.0. The van der Waals surface area contributed by atoms with Gasteiger partial charge in [-0.05, 0) is 19.8 Å². The van der Waals surface area contributed by atoms with Crippen LogP contribution in [0.2, 0.25) is 0 Å². The number of ether oxygens (including phenoxy) is 2. The third-order valence-electron chi connectivity index (χ3n) is 2.75. The summed E-state index contributed by atoms with van der Waals surface area (Å²) in [6.07, 6.45) is 4.29. The Kier molecular flexibility index (Phi) is 9.74. The standard InChI is InChI=1S/C13H29NO3/c1-4-6-8-16-10-12(13(3,14)15)11-17-9-7-5-2/h12,15H,4-11,14H2,1-3H3. The van der Waals surface area contributed by atoms with Crippen LogP contribution in [-0.2, 0) is 9.47 Å². The topological polar surface area (TPSA) is 64.7 Å². The quantitative estimate of drug-likeness (QED) is 0.432. The van der Waals surface area contributed by atoms with Gasteiger partial charge in [0.2, 0.25) is 0 Å². The summed E-state index contributed by atoms with van der Waals surface area (Å²) in [4.78, 5) is 0. The Morgan fingerprint density at radius 1 is 1.06 bits per heavy atom. The first kappa shape index (κ1) is 16.8. The van der Waals surface area contributed by atoms with Crippen LogP contribution in [0.25, 0.3) is 0 Å². The van der Waals surface area contributed by atoms with Crippen molar-refractivity contribution in [2.24, 2.45) is 11.7 Å². The highest BCUT2D eigenvalue weighted by atomic mass is 16.5. The number of hydrogen-bond acceptors (Lipinski definition) is 4. The lowest BCUT2D eigenvalue weighted by Gasteiger charge is -2.28. The highest BCUT2D eigenvalue weighted by molar-refractivity contribution is 4.75. The Labute approximate surface area is 105 Å². The van der Waals surface area contributed by atoms with Crippen LogP contribution in [-0.4, -0.2) is 37.3 Å². The van der Waals surface area contributed by atoms with Gasteiger partial charge in [0.1, 0.15) is 5.72 Å². The van der Waals surface area contributed by atoms with Crippen molar-refractivity contribution in [3.05, 3.63) is 0 Å². The molecular weight excluding hydrogens is 218 g/mol. The highest BCUT2D eigenvalue weighted by Crippen LogP contribution is 2.13. The molecule has 4 nitrogen and oxygen atoms in total. The molecule has 1 unspecified atom stereocenters. The second kappa shape index (κ2) is 9.83. The molecule has 4 heteroatoms. The number of hydrogen-bond donors (Lipinski definition) is 2. The smallest absolute Gasteiger partial charge is 0.118 e. The zero-order chi connectivity index (χ0) is 13.1. The summed E-state index contributed by atoms with van der Waals surface area (Å²) in [5, 5.41) is 9.81. The van der Waals surface area contributed by atoms with E-state index in [0.29, 0.717) is 13.2 Å². The Morgan fingerprint density at radius 3 is 1.76 bits per heavy atom. The van der Waals surface area contributed by atoms with Crippen molar-refractivity contribution in [1.29, 1.82) is 0 Å². The number of rotatable bonds is 11. The maximum atomic E-state index is 9.81. The van der Waals surface area contributed by atoms with Crippen LogP contribution in [0.4, 0.5) is 0 Å². The first-order chi connectivity index (χ1) is 8.02. The van der Waals surface area contributed by atoms with Crippen LogP contribution in [0.15, 0.2) is 0 Å². The predicted molar refractivity (Wildman–Crippen MR) is 69.8 cm³/mol. The van der Waals surface area contributed by atoms with Gasteiger partial charge in [-0.2, -0.15) is 0 Å². The molecule has 0 aromatic carbocycles. The fraction of sp³-hybridized carbons (Fsp3) is 1.00. The van der Waals surface area contributed by atoms with Gasteiger partial charge in [0.15, 0.2) is 0 Å². The minimum Gasteiger partial charge on any atom is -0.381 e. The van der Waals surface area contributed by atoms with E-state index in [2.05, 4.69) is 13.8 Å². The molecule has 0 heterocycles. The summed E-state index contributed by atoms with van der Waals surface area (Å²) in [5.41, 5.74) is 4.47. The zero-order valence-corrected chi connectivity index (χ0v) is 11.6. The summed E-state index contributed by atoms with van der Waals surface area (Å²) < 4.78 is 11.0. The minimum atomic E-state index is -1.24. The molecule has 0 amide bonds. The molecular formula is C13H29NO3. The summed E-state index contributed by atoms with van der Waals surface area (Å²) in [6, 6.07) is 0. The van der Waals surface area contributed by atoms with E-state index in [0.717, 1.165) is 38.9 Å². The molecule has 0 rings (SSSR count). The molecule has 0 saturated heterocycles. The molecule has 17 heavy (non-hydrogen) atoms. The molecule has 0 bridgehead atoms. The molecule has 0 radical (unpaired) electrons. The lowest BCUT2D eigenvalue weighted by molar-refractivity contribution is -0.0726. The lowest BCUT2D eigenvalue weighted by Crippen LogP contribution is -2.48. The van der Waals surface area contributed by atoms with Gasteiger partial charge in [-0.15, -0.1) is 0 Å². The van der Waals surface area contributed by atoms with Gasteiger partial charge < -0.3 is 20.3 Å². The van der Waals surface area contributed by atoms with Crippen LogP contribution in [0.5, 0.6) is 0 Å².